The van der Waals surface area contributed by atoms with Crippen molar-refractivity contribution in [2.75, 3.05) is 46.1 Å². The fraction of sp³-hybridized carbons (Fsp3) is 0.415. The number of nitrogens with zero attached hydrogens (tertiary/aromatic N) is 3. The smallest absolute Gasteiger partial charge is 0.142 e. The molecule has 10 nitrogen and oxygen atoms in total. The van der Waals surface area contributed by atoms with E-state index in [9.17, 15) is 20.6 Å². The Morgan fingerprint density at radius 3 is 2.46 bits per heavy atom. The van der Waals surface area contributed by atoms with Crippen LogP contribution in [-0.4, -0.2) is 77.3 Å². The lowest BCUT2D eigenvalue weighted by Gasteiger charge is -2.31. The van der Waals surface area contributed by atoms with Gasteiger partial charge in [-0.2, -0.15) is 5.26 Å². The maximum Gasteiger partial charge on any atom is 0.142 e. The molecule has 1 aromatic heterocycles. The number of benzene rings is 3. The van der Waals surface area contributed by atoms with Gasteiger partial charge in [0.05, 0.1) is 36.4 Å². The van der Waals surface area contributed by atoms with Gasteiger partial charge in [0, 0.05) is 55.8 Å². The van der Waals surface area contributed by atoms with Crippen LogP contribution in [0.1, 0.15) is 52.6 Å². The molecule has 1 atom stereocenters. The van der Waals surface area contributed by atoms with Gasteiger partial charge in [-0.3, -0.25) is 4.98 Å². The minimum Gasteiger partial charge on any atom is -0.493 e. The summed E-state index contributed by atoms with van der Waals surface area (Å²) in [7, 11) is 0. The van der Waals surface area contributed by atoms with Crippen molar-refractivity contribution < 1.29 is 29.5 Å². The second-order valence-electron chi connectivity index (χ2n) is 13.3. The van der Waals surface area contributed by atoms with Crippen molar-refractivity contribution in [2.24, 2.45) is 5.92 Å². The molecule has 0 unspecified atom stereocenters. The van der Waals surface area contributed by atoms with Crippen molar-refractivity contribution in [1.29, 1.82) is 5.26 Å². The molecule has 276 valence electrons. The molecule has 4 aromatic rings. The number of hydrogen-bond donors (Lipinski definition) is 4. The third-order valence-electron chi connectivity index (χ3n) is 9.60. The van der Waals surface area contributed by atoms with Crippen LogP contribution in [0, 0.1) is 31.1 Å². The second kappa shape index (κ2) is 19.6. The van der Waals surface area contributed by atoms with Gasteiger partial charge in [-0.1, -0.05) is 41.9 Å². The summed E-state index contributed by atoms with van der Waals surface area (Å²) in [6.45, 7) is 8.35. The Balaban J connectivity index is 1.28. The molecule has 11 heteroatoms. The molecule has 52 heavy (non-hydrogen) atoms. The Labute approximate surface area is 311 Å². The predicted octanol–water partition coefficient (Wildman–Crippen LogP) is 5.96. The number of likely N-dealkylation sites (tertiary alicyclic amines) is 1. The summed E-state index contributed by atoms with van der Waals surface area (Å²) in [5, 5.41) is 41.4. The Morgan fingerprint density at radius 2 is 1.69 bits per heavy atom. The third kappa shape index (κ3) is 10.4. The number of aliphatic hydroxyl groups excluding tert-OH is 3. The van der Waals surface area contributed by atoms with Crippen molar-refractivity contribution >= 4 is 11.6 Å². The maximum absolute atomic E-state index is 9.55. The fourth-order valence-electron chi connectivity index (χ4n) is 6.51. The van der Waals surface area contributed by atoms with Gasteiger partial charge in [-0.25, -0.2) is 0 Å². The molecule has 5 rings (SSSR count). The summed E-state index contributed by atoms with van der Waals surface area (Å²) >= 11 is 6.74. The largest absolute Gasteiger partial charge is 0.493 e. The Morgan fingerprint density at radius 1 is 0.923 bits per heavy atom. The van der Waals surface area contributed by atoms with Crippen LogP contribution in [0.3, 0.4) is 0 Å². The van der Waals surface area contributed by atoms with Gasteiger partial charge in [0.2, 0.25) is 0 Å². The van der Waals surface area contributed by atoms with E-state index in [4.69, 9.17) is 25.8 Å². The SMILES string of the molecule is Cc1c(COc2cc(OCc3cncc(C#N)c3)c(CNC(CO)CO)cc2Cl)cccc1-c1cccc(OCCCN2CCC[C@H](CO)C2)c1C. The van der Waals surface area contributed by atoms with E-state index in [1.807, 2.05) is 24.3 Å². The van der Waals surface area contributed by atoms with Gasteiger partial charge in [-0.05, 0) is 91.6 Å². The van der Waals surface area contributed by atoms with Crippen LogP contribution < -0.4 is 19.5 Å². The number of aliphatic hydroxyl groups is 3. The molecule has 1 aliphatic rings. The van der Waals surface area contributed by atoms with Gasteiger partial charge in [-0.15, -0.1) is 0 Å². The summed E-state index contributed by atoms with van der Waals surface area (Å²) < 4.78 is 18.8. The number of ether oxygens (including phenoxy) is 3. The van der Waals surface area contributed by atoms with E-state index in [0.29, 0.717) is 40.2 Å². The van der Waals surface area contributed by atoms with Crippen molar-refractivity contribution in [3.8, 4) is 34.4 Å². The number of pyridine rings is 1. The highest BCUT2D eigenvalue weighted by Crippen LogP contribution is 2.36. The first-order chi connectivity index (χ1) is 25.3. The first kappa shape index (κ1) is 39.0. The third-order valence-corrected chi connectivity index (χ3v) is 9.89. The summed E-state index contributed by atoms with van der Waals surface area (Å²) in [5.74, 6) is 2.21. The van der Waals surface area contributed by atoms with E-state index in [1.165, 1.54) is 6.20 Å². The molecule has 0 spiro atoms. The molecule has 0 saturated carbocycles. The van der Waals surface area contributed by atoms with Gasteiger partial charge < -0.3 is 39.7 Å². The number of nitrogens with one attached hydrogen (secondary N) is 1. The first-order valence-electron chi connectivity index (χ1n) is 17.8. The number of aromatic nitrogens is 1. The highest BCUT2D eigenvalue weighted by atomic mass is 35.5. The topological polar surface area (TPSA) is 140 Å². The van der Waals surface area contributed by atoms with E-state index in [0.717, 1.165) is 78.0 Å². The Bertz CT molecular complexity index is 1810. The lowest BCUT2D eigenvalue weighted by molar-refractivity contribution is 0.115. The first-order valence-corrected chi connectivity index (χ1v) is 18.2. The molecule has 4 N–H and O–H groups in total. The van der Waals surface area contributed by atoms with Crippen molar-refractivity contribution in [3.05, 3.63) is 105 Å². The molecular formula is C41H49ClN4O6. The van der Waals surface area contributed by atoms with Gasteiger partial charge in [0.25, 0.3) is 0 Å². The Hall–Kier alpha value is -4.21. The molecular weight excluding hydrogens is 680 g/mol. The van der Waals surface area contributed by atoms with Crippen LogP contribution in [-0.2, 0) is 19.8 Å². The van der Waals surface area contributed by atoms with E-state index in [-0.39, 0.29) is 39.6 Å². The maximum atomic E-state index is 9.55. The number of rotatable bonds is 18. The molecule has 0 aliphatic carbocycles. The molecule has 3 aromatic carbocycles. The molecule has 1 saturated heterocycles. The number of hydrogen-bond acceptors (Lipinski definition) is 10. The van der Waals surface area contributed by atoms with Crippen LogP contribution in [0.4, 0.5) is 0 Å². The number of halogens is 1. The van der Waals surface area contributed by atoms with E-state index < -0.39 is 6.04 Å². The van der Waals surface area contributed by atoms with Gasteiger partial charge >= 0.3 is 0 Å². The molecule has 1 fully saturated rings. The van der Waals surface area contributed by atoms with Gasteiger partial charge in [0.1, 0.15) is 36.5 Å². The van der Waals surface area contributed by atoms with Crippen LogP contribution >= 0.6 is 11.6 Å². The standard InChI is InChI=1S/C41H49ClN4O6/c1-28-33(8-3-9-36(28)37-10-4-11-39(29(37)2)50-14-6-13-46-12-5-7-30(22-46)23-47)27-52-41-17-40(51-26-32-15-31(18-43)19-44-20-32)34(16-38(41)42)21-45-35(24-48)25-49/h3-4,8-11,15-17,19-20,30,35,45,47-49H,5-7,12-14,21-27H2,1-2H3/t30-/m0/s1. The number of piperidine rings is 1. The molecule has 2 heterocycles. The molecule has 0 bridgehead atoms. The summed E-state index contributed by atoms with van der Waals surface area (Å²) in [6, 6.07) is 19.2. The molecule has 1 aliphatic heterocycles. The second-order valence-corrected chi connectivity index (χ2v) is 13.7. The zero-order valence-electron chi connectivity index (χ0n) is 30.0. The summed E-state index contributed by atoms with van der Waals surface area (Å²) in [4.78, 5) is 6.55. The molecule has 0 amide bonds. The van der Waals surface area contributed by atoms with Crippen LogP contribution in [0.15, 0.2) is 67.0 Å². The highest BCUT2D eigenvalue weighted by Gasteiger charge is 2.19. The van der Waals surface area contributed by atoms with E-state index in [1.54, 1.807) is 24.4 Å². The monoisotopic (exact) mass is 728 g/mol. The number of nitriles is 1. The predicted molar refractivity (Wildman–Crippen MR) is 202 cm³/mol. The average molecular weight is 729 g/mol. The van der Waals surface area contributed by atoms with Crippen molar-refractivity contribution in [3.63, 3.8) is 0 Å². The lowest BCUT2D eigenvalue weighted by atomic mass is 9.93. The fourth-order valence-corrected chi connectivity index (χ4v) is 6.75. The van der Waals surface area contributed by atoms with Crippen LogP contribution in [0.5, 0.6) is 17.2 Å². The van der Waals surface area contributed by atoms with Crippen LogP contribution in [0.2, 0.25) is 5.02 Å². The summed E-state index contributed by atoms with van der Waals surface area (Å²) in [6.07, 6.45) is 6.31. The minimum atomic E-state index is -0.504. The van der Waals surface area contributed by atoms with Crippen molar-refractivity contribution in [1.82, 2.24) is 15.2 Å². The summed E-state index contributed by atoms with van der Waals surface area (Å²) in [5.41, 5.74) is 7.24. The quantitative estimate of drug-likeness (QED) is 0.0907. The lowest BCUT2D eigenvalue weighted by Crippen LogP contribution is -2.37. The average Bonchev–Trinajstić information content (AvgIpc) is 3.17. The Kier molecular flexibility index (Phi) is 14.7. The van der Waals surface area contributed by atoms with Gasteiger partial charge in [0.15, 0.2) is 0 Å². The minimum absolute atomic E-state index is 0.160. The normalized spacial score (nSPS) is 14.7. The van der Waals surface area contributed by atoms with E-state index >= 15 is 0 Å². The zero-order chi connectivity index (χ0) is 36.9. The van der Waals surface area contributed by atoms with Crippen LogP contribution in [0.25, 0.3) is 11.1 Å². The highest BCUT2D eigenvalue weighted by molar-refractivity contribution is 6.32. The molecule has 0 radical (unpaired) electrons. The van der Waals surface area contributed by atoms with Crippen molar-refractivity contribution in [2.45, 2.75) is 58.9 Å². The van der Waals surface area contributed by atoms with E-state index in [2.05, 4.69) is 47.3 Å². The zero-order valence-corrected chi connectivity index (χ0v) is 30.7.